The van der Waals surface area contributed by atoms with Crippen LogP contribution in [0, 0.1) is 12.7 Å². The van der Waals surface area contributed by atoms with E-state index in [1.807, 2.05) is 0 Å². The Morgan fingerprint density at radius 2 is 2.17 bits per heavy atom. The van der Waals surface area contributed by atoms with Gasteiger partial charge in [0.1, 0.15) is 5.82 Å². The average Bonchev–Trinajstić information content (AvgIpc) is 2.35. The van der Waals surface area contributed by atoms with Crippen LogP contribution in [0.2, 0.25) is 0 Å². The maximum absolute atomic E-state index is 13.1. The standard InChI is InChI=1S/C12H11FN2O3/c1-6-10(13)12(17)15-11(14-6)7-3-4-9(18-2)8(16)5-7/h3-5,16H,1-2H3,(H,14,15,17). The fraction of sp³-hybridized carbons (Fsp3) is 0.167. The number of aromatic amines is 1. The molecule has 0 spiro atoms. The smallest absolute Gasteiger partial charge is 0.287 e. The van der Waals surface area contributed by atoms with Crippen LogP contribution in [0.4, 0.5) is 4.39 Å². The molecule has 0 atom stereocenters. The van der Waals surface area contributed by atoms with Crippen LogP contribution in [0.1, 0.15) is 5.69 Å². The summed E-state index contributed by atoms with van der Waals surface area (Å²) < 4.78 is 18.0. The van der Waals surface area contributed by atoms with Crippen LogP contribution in [0.3, 0.4) is 0 Å². The molecule has 2 N–H and O–H groups in total. The maximum atomic E-state index is 13.1. The molecule has 94 valence electrons. The highest BCUT2D eigenvalue weighted by molar-refractivity contribution is 5.60. The summed E-state index contributed by atoms with van der Waals surface area (Å²) in [6, 6.07) is 4.52. The number of ether oxygens (including phenoxy) is 1. The summed E-state index contributed by atoms with van der Waals surface area (Å²) in [5.74, 6) is -0.493. The van der Waals surface area contributed by atoms with E-state index in [0.717, 1.165) is 0 Å². The van der Waals surface area contributed by atoms with E-state index in [1.165, 1.54) is 26.2 Å². The van der Waals surface area contributed by atoms with E-state index in [9.17, 15) is 14.3 Å². The first-order valence-corrected chi connectivity index (χ1v) is 5.16. The van der Waals surface area contributed by atoms with Crippen LogP contribution in [0.25, 0.3) is 11.4 Å². The number of nitrogens with zero attached hydrogens (tertiary/aromatic N) is 1. The van der Waals surface area contributed by atoms with Gasteiger partial charge in [-0.2, -0.15) is 4.39 Å². The molecule has 0 radical (unpaired) electrons. The Hall–Kier alpha value is -2.37. The molecular weight excluding hydrogens is 239 g/mol. The highest BCUT2D eigenvalue weighted by atomic mass is 19.1. The average molecular weight is 250 g/mol. The number of phenolic OH excluding ortho intramolecular Hbond substituents is 1. The summed E-state index contributed by atoms with van der Waals surface area (Å²) in [7, 11) is 1.43. The second-order valence-electron chi connectivity index (χ2n) is 3.70. The number of hydrogen-bond acceptors (Lipinski definition) is 4. The first-order chi connectivity index (χ1) is 8.52. The Morgan fingerprint density at radius 3 is 2.72 bits per heavy atom. The van der Waals surface area contributed by atoms with Crippen molar-refractivity contribution in [2.45, 2.75) is 6.92 Å². The summed E-state index contributed by atoms with van der Waals surface area (Å²) in [6.07, 6.45) is 0. The summed E-state index contributed by atoms with van der Waals surface area (Å²) in [5.41, 5.74) is -0.370. The number of aromatic hydroxyl groups is 1. The molecule has 1 heterocycles. The number of halogens is 1. The molecule has 2 rings (SSSR count). The van der Waals surface area contributed by atoms with Crippen molar-refractivity contribution in [3.63, 3.8) is 0 Å². The van der Waals surface area contributed by atoms with Crippen molar-refractivity contribution in [1.82, 2.24) is 9.97 Å². The third-order valence-electron chi connectivity index (χ3n) is 2.48. The van der Waals surface area contributed by atoms with Crippen LogP contribution in [0.5, 0.6) is 11.5 Å². The Balaban J connectivity index is 2.56. The van der Waals surface area contributed by atoms with Crippen molar-refractivity contribution in [1.29, 1.82) is 0 Å². The predicted octanol–water partition coefficient (Wildman–Crippen LogP) is 1.60. The van der Waals surface area contributed by atoms with Gasteiger partial charge in [-0.3, -0.25) is 4.79 Å². The number of aromatic nitrogens is 2. The van der Waals surface area contributed by atoms with Gasteiger partial charge in [0, 0.05) is 5.56 Å². The minimum atomic E-state index is -0.906. The zero-order valence-corrected chi connectivity index (χ0v) is 9.82. The van der Waals surface area contributed by atoms with Crippen molar-refractivity contribution in [3.8, 4) is 22.9 Å². The van der Waals surface area contributed by atoms with E-state index in [1.54, 1.807) is 6.07 Å². The third kappa shape index (κ3) is 2.04. The summed E-state index contributed by atoms with van der Waals surface area (Å²) >= 11 is 0. The van der Waals surface area contributed by atoms with Gasteiger partial charge < -0.3 is 14.8 Å². The van der Waals surface area contributed by atoms with Crippen molar-refractivity contribution >= 4 is 0 Å². The van der Waals surface area contributed by atoms with Gasteiger partial charge in [-0.05, 0) is 25.1 Å². The molecule has 1 aromatic carbocycles. The van der Waals surface area contributed by atoms with Gasteiger partial charge in [0.05, 0.1) is 12.8 Å². The molecule has 18 heavy (non-hydrogen) atoms. The van der Waals surface area contributed by atoms with Gasteiger partial charge in [0.2, 0.25) is 5.82 Å². The molecular formula is C12H11FN2O3. The number of rotatable bonds is 2. The Kier molecular flexibility index (Phi) is 3.01. The molecule has 0 unspecified atom stereocenters. The summed E-state index contributed by atoms with van der Waals surface area (Å²) in [5, 5.41) is 9.63. The molecule has 1 aromatic heterocycles. The predicted molar refractivity (Wildman–Crippen MR) is 63.2 cm³/mol. The van der Waals surface area contributed by atoms with Crippen LogP contribution in [0.15, 0.2) is 23.0 Å². The molecule has 0 aliphatic rings. The van der Waals surface area contributed by atoms with E-state index < -0.39 is 11.4 Å². The highest BCUT2D eigenvalue weighted by Crippen LogP contribution is 2.29. The van der Waals surface area contributed by atoms with Crippen molar-refractivity contribution < 1.29 is 14.2 Å². The SMILES string of the molecule is COc1ccc(-c2nc(C)c(F)c(=O)[nH]2)cc1O. The Labute approximate surface area is 102 Å². The maximum Gasteiger partial charge on any atom is 0.287 e. The molecule has 0 saturated heterocycles. The summed E-state index contributed by atoms with van der Waals surface area (Å²) in [4.78, 5) is 17.5. The lowest BCUT2D eigenvalue weighted by molar-refractivity contribution is 0.373. The zero-order valence-electron chi connectivity index (χ0n) is 9.82. The molecule has 0 aliphatic carbocycles. The molecule has 2 aromatic rings. The highest BCUT2D eigenvalue weighted by Gasteiger charge is 2.10. The largest absolute Gasteiger partial charge is 0.504 e. The first kappa shape index (κ1) is 12.1. The molecule has 0 saturated carbocycles. The van der Waals surface area contributed by atoms with Gasteiger partial charge in [0.15, 0.2) is 11.5 Å². The third-order valence-corrected chi connectivity index (χ3v) is 2.48. The van der Waals surface area contributed by atoms with Gasteiger partial charge in [-0.15, -0.1) is 0 Å². The van der Waals surface area contributed by atoms with Crippen LogP contribution in [-0.2, 0) is 0 Å². The van der Waals surface area contributed by atoms with E-state index in [2.05, 4.69) is 9.97 Å². The lowest BCUT2D eigenvalue weighted by atomic mass is 10.2. The van der Waals surface area contributed by atoms with Gasteiger partial charge >= 0.3 is 0 Å². The Morgan fingerprint density at radius 1 is 1.44 bits per heavy atom. The number of H-pyrrole nitrogens is 1. The zero-order chi connectivity index (χ0) is 13.3. The van der Waals surface area contributed by atoms with E-state index in [0.29, 0.717) is 11.3 Å². The molecule has 0 amide bonds. The molecule has 5 nitrogen and oxygen atoms in total. The topological polar surface area (TPSA) is 75.2 Å². The summed E-state index contributed by atoms with van der Waals surface area (Å²) in [6.45, 7) is 1.40. The lowest BCUT2D eigenvalue weighted by Gasteiger charge is -2.06. The molecule has 0 aliphatic heterocycles. The van der Waals surface area contributed by atoms with Gasteiger partial charge in [-0.1, -0.05) is 0 Å². The van der Waals surface area contributed by atoms with Gasteiger partial charge in [0.25, 0.3) is 5.56 Å². The van der Waals surface area contributed by atoms with Crippen LogP contribution in [-0.4, -0.2) is 22.2 Å². The number of phenols is 1. The Bertz CT molecular complexity index is 652. The molecule has 0 fully saturated rings. The van der Waals surface area contributed by atoms with E-state index >= 15 is 0 Å². The molecule has 6 heteroatoms. The van der Waals surface area contributed by atoms with E-state index in [-0.39, 0.29) is 17.3 Å². The first-order valence-electron chi connectivity index (χ1n) is 5.16. The lowest BCUT2D eigenvalue weighted by Crippen LogP contribution is -2.15. The number of methoxy groups -OCH3 is 1. The minimum absolute atomic E-state index is 0.00376. The molecule has 0 bridgehead atoms. The van der Waals surface area contributed by atoms with Crippen LogP contribution < -0.4 is 10.3 Å². The second-order valence-corrected chi connectivity index (χ2v) is 3.70. The quantitative estimate of drug-likeness (QED) is 0.848. The number of aryl methyl sites for hydroxylation is 1. The normalized spacial score (nSPS) is 10.4. The van der Waals surface area contributed by atoms with E-state index in [4.69, 9.17) is 4.74 Å². The second kappa shape index (κ2) is 4.48. The van der Waals surface area contributed by atoms with Crippen molar-refractivity contribution in [3.05, 3.63) is 40.1 Å². The van der Waals surface area contributed by atoms with Crippen molar-refractivity contribution in [2.24, 2.45) is 0 Å². The van der Waals surface area contributed by atoms with Gasteiger partial charge in [-0.25, -0.2) is 4.98 Å². The fourth-order valence-corrected chi connectivity index (χ4v) is 1.55. The number of hydrogen-bond donors (Lipinski definition) is 2. The minimum Gasteiger partial charge on any atom is -0.504 e. The van der Waals surface area contributed by atoms with Crippen LogP contribution >= 0.6 is 0 Å². The van der Waals surface area contributed by atoms with Crippen molar-refractivity contribution in [2.75, 3.05) is 7.11 Å². The number of nitrogens with one attached hydrogen (secondary N) is 1. The monoisotopic (exact) mass is 250 g/mol. The fourth-order valence-electron chi connectivity index (χ4n) is 1.55. The number of benzene rings is 1.